The summed E-state index contributed by atoms with van der Waals surface area (Å²) in [5.74, 6) is 0. The predicted octanol–water partition coefficient (Wildman–Crippen LogP) is 4.27. The number of nitrogens with one attached hydrogen (secondary N) is 1. The Morgan fingerprint density at radius 2 is 2.00 bits per heavy atom. The molecule has 0 saturated carbocycles. The average molecular weight is 453 g/mol. The number of fused-ring (bicyclic) bond motifs is 4. The molecule has 0 aromatic carbocycles. The molecule has 158 valence electrons. The summed E-state index contributed by atoms with van der Waals surface area (Å²) in [5.41, 5.74) is 4.62. The van der Waals surface area contributed by atoms with E-state index in [9.17, 15) is 5.26 Å². The lowest BCUT2D eigenvalue weighted by molar-refractivity contribution is 0.137. The van der Waals surface area contributed by atoms with Gasteiger partial charge in [0.05, 0.1) is 27.8 Å². The molecule has 4 aromatic heterocycles. The number of aromatic nitrogens is 4. The predicted molar refractivity (Wildman–Crippen MR) is 122 cm³/mol. The van der Waals surface area contributed by atoms with Crippen LogP contribution in [0.25, 0.3) is 27.1 Å². The first-order valence-corrected chi connectivity index (χ1v) is 11.1. The highest BCUT2D eigenvalue weighted by atomic mass is 35.5. The highest BCUT2D eigenvalue weighted by molar-refractivity contribution is 7.20. The summed E-state index contributed by atoms with van der Waals surface area (Å²) in [6.07, 6.45) is 10.5. The van der Waals surface area contributed by atoms with Gasteiger partial charge in [-0.15, -0.1) is 12.4 Å². The first-order valence-electron chi connectivity index (χ1n) is 10.2. The first-order chi connectivity index (χ1) is 14.6. The normalized spacial score (nSPS) is 22.4. The van der Waals surface area contributed by atoms with Gasteiger partial charge in [0, 0.05) is 30.0 Å². The third-order valence-corrected chi connectivity index (χ3v) is 6.95. The van der Waals surface area contributed by atoms with E-state index in [0.29, 0.717) is 28.5 Å². The van der Waals surface area contributed by atoms with Gasteiger partial charge in [-0.05, 0) is 44.7 Å². The van der Waals surface area contributed by atoms with Gasteiger partial charge in [0.15, 0.2) is 5.65 Å². The van der Waals surface area contributed by atoms with Crippen LogP contribution in [0.15, 0.2) is 30.7 Å². The Kier molecular flexibility index (Phi) is 5.05. The van der Waals surface area contributed by atoms with E-state index in [-0.39, 0.29) is 18.5 Å². The molecule has 2 fully saturated rings. The maximum atomic E-state index is 9.54. The van der Waals surface area contributed by atoms with Crippen LogP contribution in [-0.4, -0.2) is 37.5 Å². The Morgan fingerprint density at radius 3 is 2.77 bits per heavy atom. The zero-order valence-electron chi connectivity index (χ0n) is 16.9. The molecule has 2 atom stereocenters. The second kappa shape index (κ2) is 7.75. The summed E-state index contributed by atoms with van der Waals surface area (Å²) < 4.78 is 9.17. The molecular formula is C22H21ClN6OS. The molecule has 0 aliphatic carbocycles. The van der Waals surface area contributed by atoms with Crippen molar-refractivity contribution in [1.82, 2.24) is 24.7 Å². The van der Waals surface area contributed by atoms with Gasteiger partial charge < -0.3 is 14.5 Å². The summed E-state index contributed by atoms with van der Waals surface area (Å²) in [5, 5.41) is 13.9. The lowest BCUT2D eigenvalue weighted by Gasteiger charge is -2.28. The number of piperidine rings is 1. The van der Waals surface area contributed by atoms with Crippen molar-refractivity contribution in [2.75, 3.05) is 0 Å². The Bertz CT molecular complexity index is 1310. The Balaban J connectivity index is 0.00000204. The molecule has 0 spiro atoms. The number of hydrogen-bond donors (Lipinski definition) is 1. The summed E-state index contributed by atoms with van der Waals surface area (Å²) in [6, 6.07) is 7.30. The molecule has 0 amide bonds. The maximum absolute atomic E-state index is 9.54. The number of halogens is 1. The monoisotopic (exact) mass is 452 g/mol. The minimum Gasteiger partial charge on any atom is -0.467 e. The molecule has 7 nitrogen and oxygen atoms in total. The SMILES string of the molecule is Cc1cn2cc(-c3cc4sc(OC5CC6CCC(C5)N6)nc4cn3)cc(C#N)c2n1.Cl. The van der Waals surface area contributed by atoms with Crippen LogP contribution in [0.1, 0.15) is 36.9 Å². The summed E-state index contributed by atoms with van der Waals surface area (Å²) in [6.45, 7) is 1.92. The van der Waals surface area contributed by atoms with E-state index in [1.165, 1.54) is 12.8 Å². The number of nitrogens with zero attached hydrogens (tertiary/aromatic N) is 5. The van der Waals surface area contributed by atoms with E-state index in [1.807, 2.05) is 35.9 Å². The van der Waals surface area contributed by atoms with Crippen LogP contribution in [0, 0.1) is 18.3 Å². The van der Waals surface area contributed by atoms with Crippen molar-refractivity contribution in [2.24, 2.45) is 0 Å². The van der Waals surface area contributed by atoms with Crippen LogP contribution in [0.5, 0.6) is 5.19 Å². The highest BCUT2D eigenvalue weighted by Crippen LogP contribution is 2.34. The number of rotatable bonds is 3. The Morgan fingerprint density at radius 1 is 1.19 bits per heavy atom. The number of nitriles is 1. The van der Waals surface area contributed by atoms with Crippen LogP contribution < -0.4 is 10.1 Å². The smallest absolute Gasteiger partial charge is 0.274 e. The minimum absolute atomic E-state index is 0. The number of thiazole rings is 1. The van der Waals surface area contributed by atoms with Gasteiger partial charge in [-0.3, -0.25) is 4.98 Å². The highest BCUT2D eigenvalue weighted by Gasteiger charge is 2.34. The van der Waals surface area contributed by atoms with Crippen molar-refractivity contribution in [3.8, 4) is 22.5 Å². The average Bonchev–Trinajstić information content (AvgIpc) is 3.41. The van der Waals surface area contributed by atoms with Crippen LogP contribution in [0.3, 0.4) is 0 Å². The van der Waals surface area contributed by atoms with E-state index in [2.05, 4.69) is 26.3 Å². The van der Waals surface area contributed by atoms with Gasteiger partial charge in [0.1, 0.15) is 17.7 Å². The van der Waals surface area contributed by atoms with Gasteiger partial charge >= 0.3 is 0 Å². The minimum atomic E-state index is 0. The summed E-state index contributed by atoms with van der Waals surface area (Å²) in [4.78, 5) is 13.7. The Hall–Kier alpha value is -2.73. The van der Waals surface area contributed by atoms with Crippen LogP contribution in [0.2, 0.25) is 0 Å². The Labute approximate surface area is 189 Å². The lowest BCUT2D eigenvalue weighted by atomic mass is 10.0. The zero-order valence-corrected chi connectivity index (χ0v) is 18.5. The second-order valence-electron chi connectivity index (χ2n) is 8.23. The van der Waals surface area contributed by atoms with Crippen molar-refractivity contribution >= 4 is 39.6 Å². The lowest BCUT2D eigenvalue weighted by Crippen LogP contribution is -2.42. The van der Waals surface area contributed by atoms with Gasteiger partial charge in [0.2, 0.25) is 0 Å². The molecular weight excluding hydrogens is 432 g/mol. The molecule has 9 heteroatoms. The molecule has 4 aromatic rings. The van der Waals surface area contributed by atoms with Crippen molar-refractivity contribution in [3.05, 3.63) is 42.0 Å². The van der Waals surface area contributed by atoms with Crippen molar-refractivity contribution in [1.29, 1.82) is 5.26 Å². The fourth-order valence-electron chi connectivity index (χ4n) is 4.71. The van der Waals surface area contributed by atoms with E-state index in [1.54, 1.807) is 17.5 Å². The van der Waals surface area contributed by atoms with Gasteiger partial charge in [-0.1, -0.05) is 11.3 Å². The standard InChI is InChI=1S/C22H20N6OS.ClH/c1-12-10-28-11-14(4-13(8-23)21(28)25-12)18-7-20-19(9-24-18)27-22(30-20)29-17-5-15-2-3-16(6-17)26-15;/h4,7,9-11,15-17,26H,2-3,5-6H2,1H3;1H. The van der Waals surface area contributed by atoms with Crippen molar-refractivity contribution < 1.29 is 4.74 Å². The third-order valence-electron chi connectivity index (χ3n) is 6.04. The van der Waals surface area contributed by atoms with E-state index < -0.39 is 0 Å². The second-order valence-corrected chi connectivity index (χ2v) is 9.23. The number of hydrogen-bond acceptors (Lipinski definition) is 7. The molecule has 2 saturated heterocycles. The van der Waals surface area contributed by atoms with Crippen LogP contribution >= 0.6 is 23.7 Å². The number of aryl methyl sites for hydroxylation is 1. The fourth-order valence-corrected chi connectivity index (χ4v) is 5.60. The third kappa shape index (κ3) is 3.63. The topological polar surface area (TPSA) is 88.1 Å². The molecule has 6 rings (SSSR count). The van der Waals surface area contributed by atoms with E-state index in [4.69, 9.17) is 4.74 Å². The number of pyridine rings is 2. The molecule has 1 N–H and O–H groups in total. The van der Waals surface area contributed by atoms with Gasteiger partial charge in [-0.25, -0.2) is 9.97 Å². The molecule has 2 aliphatic rings. The fraction of sp³-hybridized carbons (Fsp3) is 0.364. The van der Waals surface area contributed by atoms with Gasteiger partial charge in [0.25, 0.3) is 5.19 Å². The first kappa shape index (κ1) is 20.2. The van der Waals surface area contributed by atoms with Crippen LogP contribution in [-0.2, 0) is 0 Å². The summed E-state index contributed by atoms with van der Waals surface area (Å²) >= 11 is 1.56. The maximum Gasteiger partial charge on any atom is 0.274 e. The molecule has 2 bridgehead atoms. The molecule has 6 heterocycles. The van der Waals surface area contributed by atoms with E-state index >= 15 is 0 Å². The number of ether oxygens (including phenoxy) is 1. The summed E-state index contributed by atoms with van der Waals surface area (Å²) in [7, 11) is 0. The van der Waals surface area contributed by atoms with Crippen molar-refractivity contribution in [2.45, 2.75) is 50.8 Å². The number of imidazole rings is 1. The quantitative estimate of drug-likeness (QED) is 0.499. The molecule has 2 unspecified atom stereocenters. The van der Waals surface area contributed by atoms with Crippen molar-refractivity contribution in [3.63, 3.8) is 0 Å². The largest absolute Gasteiger partial charge is 0.467 e. The van der Waals surface area contributed by atoms with Gasteiger partial charge in [-0.2, -0.15) is 5.26 Å². The van der Waals surface area contributed by atoms with E-state index in [0.717, 1.165) is 40.0 Å². The zero-order chi connectivity index (χ0) is 20.2. The molecule has 0 radical (unpaired) electrons. The molecule has 2 aliphatic heterocycles. The molecule has 31 heavy (non-hydrogen) atoms. The van der Waals surface area contributed by atoms with Crippen LogP contribution in [0.4, 0.5) is 0 Å².